The third-order valence-corrected chi connectivity index (χ3v) is 5.40. The number of amides is 2. The van der Waals surface area contributed by atoms with Gasteiger partial charge in [0.05, 0.1) is 15.5 Å². The molecule has 2 aromatic rings. The average molecular weight is 437 g/mol. The second-order valence-electron chi connectivity index (χ2n) is 5.37. The number of carbonyl (C=O) groups excluding carboxylic acids is 3. The van der Waals surface area contributed by atoms with Gasteiger partial charge in [0, 0.05) is 10.6 Å². The molecule has 0 radical (unpaired) electrons. The van der Waals surface area contributed by atoms with Crippen LogP contribution in [0.4, 0.5) is 0 Å². The second kappa shape index (κ2) is 8.22. The molecule has 0 aliphatic carbocycles. The highest BCUT2D eigenvalue weighted by Gasteiger charge is 2.34. The molecule has 0 aromatic heterocycles. The number of thiocarbonyl (C=S) groups is 1. The van der Waals surface area contributed by atoms with Gasteiger partial charge >= 0.3 is 0 Å². The molecule has 0 unspecified atom stereocenters. The summed E-state index contributed by atoms with van der Waals surface area (Å²) < 4.78 is 0.189. The van der Waals surface area contributed by atoms with Crippen molar-refractivity contribution in [1.29, 1.82) is 0 Å². The molecule has 136 valence electrons. The van der Waals surface area contributed by atoms with E-state index in [1.165, 1.54) is 18.2 Å². The largest absolute Gasteiger partial charge is 0.298 e. The van der Waals surface area contributed by atoms with Gasteiger partial charge in [-0.15, -0.1) is 0 Å². The third-order valence-electron chi connectivity index (χ3n) is 3.55. The van der Waals surface area contributed by atoms with Gasteiger partial charge in [0.2, 0.25) is 0 Å². The second-order valence-corrected chi connectivity index (χ2v) is 7.89. The van der Waals surface area contributed by atoms with Crippen molar-refractivity contribution in [3.63, 3.8) is 0 Å². The van der Waals surface area contributed by atoms with E-state index in [2.05, 4.69) is 5.43 Å². The summed E-state index contributed by atoms with van der Waals surface area (Å²) in [6.45, 7) is 0. The summed E-state index contributed by atoms with van der Waals surface area (Å²) >= 11 is 18.1. The van der Waals surface area contributed by atoms with E-state index in [1.54, 1.807) is 30.3 Å². The maximum atomic E-state index is 12.6. The molecule has 0 saturated carbocycles. The van der Waals surface area contributed by atoms with Crippen LogP contribution >= 0.6 is 47.2 Å². The van der Waals surface area contributed by atoms with Gasteiger partial charge in [-0.1, -0.05) is 59.2 Å². The van der Waals surface area contributed by atoms with Crippen LogP contribution in [0.25, 0.3) is 6.08 Å². The van der Waals surface area contributed by atoms with E-state index in [0.717, 1.165) is 28.6 Å². The maximum absolute atomic E-state index is 12.6. The quantitative estimate of drug-likeness (QED) is 0.438. The number of halogens is 2. The fourth-order valence-corrected chi connectivity index (χ4v) is 3.90. The number of nitrogens with zero attached hydrogens (tertiary/aromatic N) is 1. The molecule has 1 saturated heterocycles. The van der Waals surface area contributed by atoms with Gasteiger partial charge in [0.25, 0.3) is 11.8 Å². The van der Waals surface area contributed by atoms with Gasteiger partial charge in [-0.05, 0) is 42.1 Å². The summed E-state index contributed by atoms with van der Waals surface area (Å²) in [7, 11) is 0. The van der Waals surface area contributed by atoms with E-state index < -0.39 is 11.8 Å². The average Bonchev–Trinajstić information content (AvgIpc) is 2.89. The monoisotopic (exact) mass is 436 g/mol. The highest BCUT2D eigenvalue weighted by atomic mass is 35.5. The van der Waals surface area contributed by atoms with Crippen molar-refractivity contribution in [2.24, 2.45) is 0 Å². The Morgan fingerprint density at radius 2 is 1.78 bits per heavy atom. The first kappa shape index (κ1) is 19.6. The third kappa shape index (κ3) is 4.39. The molecule has 9 heteroatoms. The summed E-state index contributed by atoms with van der Waals surface area (Å²) in [5.41, 5.74) is 3.89. The van der Waals surface area contributed by atoms with Crippen LogP contribution in [-0.4, -0.2) is 27.4 Å². The molecule has 0 bridgehead atoms. The number of aldehydes is 1. The zero-order valence-electron chi connectivity index (χ0n) is 13.4. The normalized spacial score (nSPS) is 15.3. The molecule has 0 atom stereocenters. The van der Waals surface area contributed by atoms with Crippen LogP contribution in [0.15, 0.2) is 47.4 Å². The molecule has 2 aromatic carbocycles. The Morgan fingerprint density at radius 1 is 1.11 bits per heavy atom. The van der Waals surface area contributed by atoms with Crippen LogP contribution in [0.2, 0.25) is 10.0 Å². The molecule has 1 N–H and O–H groups in total. The van der Waals surface area contributed by atoms with Gasteiger partial charge < -0.3 is 0 Å². The van der Waals surface area contributed by atoms with E-state index >= 15 is 0 Å². The zero-order chi connectivity index (χ0) is 19.6. The summed E-state index contributed by atoms with van der Waals surface area (Å²) in [6, 6.07) is 11.1. The van der Waals surface area contributed by atoms with Crippen molar-refractivity contribution in [3.8, 4) is 0 Å². The Kier molecular flexibility index (Phi) is 5.96. The number of hydrazine groups is 1. The van der Waals surface area contributed by atoms with Gasteiger partial charge in [-0.25, -0.2) is 0 Å². The van der Waals surface area contributed by atoms with Crippen molar-refractivity contribution in [2.45, 2.75) is 0 Å². The van der Waals surface area contributed by atoms with E-state index in [-0.39, 0.29) is 14.9 Å². The molecule has 1 aliphatic rings. The molecule has 1 heterocycles. The number of rotatable bonds is 4. The van der Waals surface area contributed by atoms with Crippen LogP contribution in [0.3, 0.4) is 0 Å². The fourth-order valence-electron chi connectivity index (χ4n) is 2.22. The van der Waals surface area contributed by atoms with E-state index in [4.69, 9.17) is 35.4 Å². The first-order valence-electron chi connectivity index (χ1n) is 7.48. The molecule has 27 heavy (non-hydrogen) atoms. The summed E-state index contributed by atoms with van der Waals surface area (Å²) in [4.78, 5) is 36.0. The SMILES string of the molecule is O=Cc1ccc(C=C2SC(=S)N(NC(=O)c3ccc(Cl)cc3Cl)C2=O)cc1. The van der Waals surface area contributed by atoms with Gasteiger partial charge in [0.15, 0.2) is 4.32 Å². The number of thioether (sulfide) groups is 1. The summed E-state index contributed by atoms with van der Waals surface area (Å²) in [5.74, 6) is -1.03. The Morgan fingerprint density at radius 3 is 2.41 bits per heavy atom. The van der Waals surface area contributed by atoms with Gasteiger partial charge in [0.1, 0.15) is 6.29 Å². The molecule has 2 amide bonds. The van der Waals surface area contributed by atoms with Gasteiger partial charge in [-0.3, -0.25) is 19.8 Å². The van der Waals surface area contributed by atoms with E-state index in [0.29, 0.717) is 15.5 Å². The van der Waals surface area contributed by atoms with Crippen molar-refractivity contribution in [1.82, 2.24) is 10.4 Å². The lowest BCUT2D eigenvalue weighted by atomic mass is 10.1. The highest BCUT2D eigenvalue weighted by molar-refractivity contribution is 8.26. The topological polar surface area (TPSA) is 66.5 Å². The highest BCUT2D eigenvalue weighted by Crippen LogP contribution is 2.31. The number of nitrogens with one attached hydrogen (secondary N) is 1. The molecule has 0 spiro atoms. The van der Waals surface area contributed by atoms with Crippen molar-refractivity contribution < 1.29 is 14.4 Å². The van der Waals surface area contributed by atoms with Crippen LogP contribution in [0, 0.1) is 0 Å². The first-order chi connectivity index (χ1) is 12.9. The lowest BCUT2D eigenvalue weighted by molar-refractivity contribution is -0.123. The molecule has 5 nitrogen and oxygen atoms in total. The lowest BCUT2D eigenvalue weighted by Gasteiger charge is -2.16. The number of carbonyl (C=O) groups is 3. The predicted octanol–water partition coefficient (Wildman–Crippen LogP) is 4.35. The Labute approximate surface area is 174 Å². The van der Waals surface area contributed by atoms with Gasteiger partial charge in [-0.2, -0.15) is 5.01 Å². The molecule has 1 aliphatic heterocycles. The molecule has 3 rings (SSSR count). The lowest BCUT2D eigenvalue weighted by Crippen LogP contribution is -2.44. The Balaban J connectivity index is 1.78. The van der Waals surface area contributed by atoms with E-state index in [1.807, 2.05) is 0 Å². The number of hydrogen-bond donors (Lipinski definition) is 1. The minimum absolute atomic E-state index is 0.163. The van der Waals surface area contributed by atoms with Crippen molar-refractivity contribution in [2.75, 3.05) is 0 Å². The molecule has 1 fully saturated rings. The van der Waals surface area contributed by atoms with Crippen molar-refractivity contribution >= 4 is 75.7 Å². The van der Waals surface area contributed by atoms with Crippen LogP contribution in [0.5, 0.6) is 0 Å². The summed E-state index contributed by atoms with van der Waals surface area (Å²) in [5, 5.41) is 1.56. The van der Waals surface area contributed by atoms with Crippen LogP contribution in [-0.2, 0) is 4.79 Å². The minimum atomic E-state index is -0.579. The predicted molar refractivity (Wildman–Crippen MR) is 111 cm³/mol. The smallest absolute Gasteiger partial charge is 0.285 e. The maximum Gasteiger partial charge on any atom is 0.285 e. The van der Waals surface area contributed by atoms with Crippen LogP contribution in [0.1, 0.15) is 26.3 Å². The fraction of sp³-hybridized carbons (Fsp3) is 0. The summed E-state index contributed by atoms with van der Waals surface area (Å²) in [6.07, 6.45) is 2.37. The first-order valence-corrected chi connectivity index (χ1v) is 9.46. The molecular formula is C18H10Cl2N2O3S2. The zero-order valence-corrected chi connectivity index (χ0v) is 16.6. The minimum Gasteiger partial charge on any atom is -0.298 e. The van der Waals surface area contributed by atoms with E-state index in [9.17, 15) is 14.4 Å². The van der Waals surface area contributed by atoms with Crippen molar-refractivity contribution in [3.05, 3.63) is 74.1 Å². The number of benzene rings is 2. The Hall–Kier alpha value is -2.19. The standard InChI is InChI=1S/C18H10Cl2N2O3S2/c19-12-5-6-13(14(20)8-12)16(24)21-22-17(25)15(27-18(22)26)7-10-1-3-11(9-23)4-2-10/h1-9H,(H,21,24). The number of hydrogen-bond acceptors (Lipinski definition) is 5. The Bertz CT molecular complexity index is 991. The van der Waals surface area contributed by atoms with Crippen LogP contribution < -0.4 is 5.43 Å². The molecular weight excluding hydrogens is 427 g/mol.